The Labute approximate surface area is 122 Å². The summed E-state index contributed by atoms with van der Waals surface area (Å²) in [5.41, 5.74) is 0. The molecule has 104 valence electrons. The zero-order valence-corrected chi connectivity index (χ0v) is 15.1. The lowest BCUT2D eigenvalue weighted by atomic mass is 10.1. The fraction of sp³-hybridized carbons (Fsp3) is 1.00. The normalized spacial score (nSPS) is 14.8. The molecule has 0 heterocycles. The second-order valence-electron chi connectivity index (χ2n) is 5.18. The smallest absolute Gasteiger partial charge is 0.152 e. The molecule has 0 saturated carbocycles. The average molecular weight is 342 g/mol. The van der Waals surface area contributed by atoms with Crippen molar-refractivity contribution in [2.45, 2.75) is 90.1 Å². The number of hydrogen-bond donors (Lipinski definition) is 0. The van der Waals surface area contributed by atoms with Crippen LogP contribution in [0.1, 0.15) is 78.1 Å². The van der Waals surface area contributed by atoms with Gasteiger partial charge in [-0.2, -0.15) is 11.1 Å². The van der Waals surface area contributed by atoms with Gasteiger partial charge in [0, 0.05) is 0 Å². The van der Waals surface area contributed by atoms with Crippen LogP contribution >= 0.6 is 26.4 Å². The van der Waals surface area contributed by atoms with Crippen LogP contribution in [0.4, 0.5) is 0 Å². The molecular formula is C14H30BrClSi. The molecule has 3 heteroatoms. The van der Waals surface area contributed by atoms with Gasteiger partial charge in [-0.1, -0.05) is 78.1 Å². The maximum atomic E-state index is 6.61. The molecular weight excluding hydrogens is 312 g/mol. The van der Waals surface area contributed by atoms with Crippen LogP contribution in [0.25, 0.3) is 0 Å². The molecule has 0 aliphatic rings. The van der Waals surface area contributed by atoms with Crippen molar-refractivity contribution in [2.24, 2.45) is 0 Å². The molecule has 0 radical (unpaired) electrons. The van der Waals surface area contributed by atoms with Crippen LogP contribution in [-0.2, 0) is 0 Å². The van der Waals surface area contributed by atoms with Gasteiger partial charge in [0.1, 0.15) is 0 Å². The largest absolute Gasteiger partial charge is 0.226 e. The van der Waals surface area contributed by atoms with E-state index in [1.54, 1.807) is 0 Å². The fourth-order valence-electron chi connectivity index (χ4n) is 2.10. The Kier molecular flexibility index (Phi) is 12.7. The summed E-state index contributed by atoms with van der Waals surface area (Å²) in [6.45, 7) is 4.53. The first-order valence-corrected chi connectivity index (χ1v) is 13.2. The minimum absolute atomic E-state index is 1.25. The predicted octanol–water partition coefficient (Wildman–Crippen LogP) is 7.00. The van der Waals surface area contributed by atoms with Gasteiger partial charge in [0.2, 0.25) is 6.00 Å². The lowest BCUT2D eigenvalue weighted by Crippen LogP contribution is -2.17. The summed E-state index contributed by atoms with van der Waals surface area (Å²) in [6.07, 6.45) is 13.6. The molecule has 0 aliphatic heterocycles. The Morgan fingerprint density at radius 1 is 0.706 bits per heavy atom. The van der Waals surface area contributed by atoms with Crippen molar-refractivity contribution in [3.05, 3.63) is 0 Å². The van der Waals surface area contributed by atoms with Crippen LogP contribution in [0.2, 0.25) is 12.1 Å². The summed E-state index contributed by atoms with van der Waals surface area (Å²) < 4.78 is 0. The summed E-state index contributed by atoms with van der Waals surface area (Å²) in [6, 6.07) is 0.973. The van der Waals surface area contributed by atoms with Gasteiger partial charge >= 0.3 is 0 Å². The molecule has 0 aromatic heterocycles. The average Bonchev–Trinajstić information content (AvgIpc) is 2.29. The number of rotatable bonds is 12. The van der Waals surface area contributed by atoms with Gasteiger partial charge in [-0.3, -0.25) is 0 Å². The highest BCUT2D eigenvalue weighted by molar-refractivity contribution is 9.27. The third-order valence-corrected chi connectivity index (χ3v) is 8.98. The Balaban J connectivity index is 3.37. The van der Waals surface area contributed by atoms with E-state index in [2.05, 4.69) is 29.1 Å². The molecule has 1 atom stereocenters. The Morgan fingerprint density at radius 3 is 1.53 bits per heavy atom. The van der Waals surface area contributed by atoms with Gasteiger partial charge in [0.15, 0.2) is 0 Å². The highest BCUT2D eigenvalue weighted by atomic mass is 79.9. The Hall–Kier alpha value is 0.987. The van der Waals surface area contributed by atoms with Crippen LogP contribution in [0.15, 0.2) is 0 Å². The van der Waals surface area contributed by atoms with E-state index in [0.717, 1.165) is 0 Å². The maximum absolute atomic E-state index is 6.61. The molecule has 0 aliphatic carbocycles. The first-order chi connectivity index (χ1) is 8.12. The van der Waals surface area contributed by atoms with E-state index in [9.17, 15) is 0 Å². The molecule has 0 spiro atoms. The van der Waals surface area contributed by atoms with Gasteiger partial charge in [-0.05, 0) is 12.1 Å². The van der Waals surface area contributed by atoms with Crippen molar-refractivity contribution in [2.75, 3.05) is 0 Å². The lowest BCUT2D eigenvalue weighted by Gasteiger charge is -2.16. The van der Waals surface area contributed by atoms with E-state index in [1.165, 1.54) is 76.3 Å². The maximum Gasteiger partial charge on any atom is 0.226 e. The fourth-order valence-corrected chi connectivity index (χ4v) is 6.37. The zero-order chi connectivity index (χ0) is 13.0. The van der Waals surface area contributed by atoms with Gasteiger partial charge in [0.05, 0.1) is 0 Å². The summed E-state index contributed by atoms with van der Waals surface area (Å²) in [5, 5.41) is 0. The summed E-state index contributed by atoms with van der Waals surface area (Å²) >= 11 is 10.4. The van der Waals surface area contributed by atoms with Gasteiger partial charge < -0.3 is 0 Å². The van der Waals surface area contributed by atoms with E-state index in [0.29, 0.717) is 0 Å². The van der Waals surface area contributed by atoms with Gasteiger partial charge in [0.25, 0.3) is 0 Å². The van der Waals surface area contributed by atoms with Crippen LogP contribution in [0, 0.1) is 0 Å². The second kappa shape index (κ2) is 12.0. The van der Waals surface area contributed by atoms with Crippen LogP contribution < -0.4 is 0 Å². The first-order valence-electron chi connectivity index (χ1n) is 7.50. The second-order valence-corrected chi connectivity index (χ2v) is 16.0. The van der Waals surface area contributed by atoms with E-state index in [1.807, 2.05) is 0 Å². The molecule has 0 N–H and O–H groups in total. The Bertz CT molecular complexity index is 162. The van der Waals surface area contributed by atoms with E-state index < -0.39 is 6.00 Å². The third-order valence-electron chi connectivity index (χ3n) is 3.29. The van der Waals surface area contributed by atoms with Crippen LogP contribution in [-0.4, -0.2) is 6.00 Å². The molecule has 17 heavy (non-hydrogen) atoms. The first kappa shape index (κ1) is 18.0. The number of halogens is 2. The van der Waals surface area contributed by atoms with Crippen molar-refractivity contribution in [3.8, 4) is 0 Å². The van der Waals surface area contributed by atoms with Crippen molar-refractivity contribution < 1.29 is 0 Å². The molecule has 0 aromatic carbocycles. The van der Waals surface area contributed by atoms with Crippen molar-refractivity contribution in [3.63, 3.8) is 0 Å². The van der Waals surface area contributed by atoms with E-state index in [-0.39, 0.29) is 0 Å². The van der Waals surface area contributed by atoms with Crippen LogP contribution in [0.3, 0.4) is 0 Å². The summed E-state index contributed by atoms with van der Waals surface area (Å²) in [4.78, 5) is 0. The molecule has 0 bridgehead atoms. The lowest BCUT2D eigenvalue weighted by molar-refractivity contribution is 0.622. The minimum atomic E-state index is -1.54. The molecule has 0 nitrogen and oxygen atoms in total. The van der Waals surface area contributed by atoms with E-state index in [4.69, 9.17) is 11.1 Å². The van der Waals surface area contributed by atoms with Crippen molar-refractivity contribution in [1.29, 1.82) is 0 Å². The molecule has 0 aromatic rings. The highest BCUT2D eigenvalue weighted by Gasteiger charge is 2.25. The van der Waals surface area contributed by atoms with Crippen LogP contribution in [0.5, 0.6) is 0 Å². The monoisotopic (exact) mass is 340 g/mol. The molecule has 0 saturated heterocycles. The zero-order valence-electron chi connectivity index (χ0n) is 11.7. The van der Waals surface area contributed by atoms with Crippen molar-refractivity contribution >= 4 is 32.4 Å². The quantitative estimate of drug-likeness (QED) is 0.203. The standard InChI is InChI=1S/C14H30BrClSi/c1-3-5-7-9-10-12-14-17(15,16)13-11-8-6-4-2/h3-14H2,1-2H3. The summed E-state index contributed by atoms with van der Waals surface area (Å²) in [5.74, 6) is 0. The molecule has 0 fully saturated rings. The molecule has 0 rings (SSSR count). The van der Waals surface area contributed by atoms with E-state index >= 15 is 0 Å². The Morgan fingerprint density at radius 2 is 1.06 bits per heavy atom. The molecule has 1 unspecified atom stereocenters. The highest BCUT2D eigenvalue weighted by Crippen LogP contribution is 2.32. The number of unbranched alkanes of at least 4 members (excludes halogenated alkanes) is 8. The van der Waals surface area contributed by atoms with Gasteiger partial charge in [-0.15, -0.1) is 15.3 Å². The van der Waals surface area contributed by atoms with Gasteiger partial charge in [-0.25, -0.2) is 0 Å². The predicted molar refractivity (Wildman–Crippen MR) is 87.7 cm³/mol. The minimum Gasteiger partial charge on any atom is -0.152 e. The summed E-state index contributed by atoms with van der Waals surface area (Å²) in [7, 11) is 0. The third kappa shape index (κ3) is 13.2. The van der Waals surface area contributed by atoms with Crippen molar-refractivity contribution in [1.82, 2.24) is 0 Å². The number of hydrogen-bond acceptors (Lipinski definition) is 0. The SMILES string of the molecule is CCCCCCCC[Si](Cl)(Br)CCCCCC. The molecule has 0 amide bonds. The topological polar surface area (TPSA) is 0 Å².